The maximum Gasteiger partial charge on any atom is 0.320 e. The van der Waals surface area contributed by atoms with Gasteiger partial charge < -0.3 is 10.0 Å². The molecule has 1 aromatic carbocycles. The number of aliphatic carboxylic acids is 1. The Labute approximate surface area is 168 Å². The molecule has 3 unspecified atom stereocenters. The van der Waals surface area contributed by atoms with Gasteiger partial charge in [0.15, 0.2) is 0 Å². The van der Waals surface area contributed by atoms with Gasteiger partial charge >= 0.3 is 5.97 Å². The van der Waals surface area contributed by atoms with Crippen LogP contribution in [-0.4, -0.2) is 59.6 Å². The largest absolute Gasteiger partial charge is 0.480 e. The van der Waals surface area contributed by atoms with E-state index in [9.17, 15) is 14.3 Å². The van der Waals surface area contributed by atoms with Crippen LogP contribution >= 0.6 is 0 Å². The van der Waals surface area contributed by atoms with Crippen molar-refractivity contribution in [3.8, 4) is 0 Å². The summed E-state index contributed by atoms with van der Waals surface area (Å²) in [5.41, 5.74) is 1.00. The second-order valence-corrected chi connectivity index (χ2v) is 8.78. The van der Waals surface area contributed by atoms with Crippen molar-refractivity contribution in [3.05, 3.63) is 35.6 Å². The first-order valence-corrected chi connectivity index (χ1v) is 10.9. The summed E-state index contributed by atoms with van der Waals surface area (Å²) in [6.45, 7) is 8.71. The number of hydrogen-bond acceptors (Lipinski definition) is 3. The second-order valence-electron chi connectivity index (χ2n) is 8.78. The second kappa shape index (κ2) is 9.84. The van der Waals surface area contributed by atoms with E-state index in [1.807, 2.05) is 6.07 Å². The summed E-state index contributed by atoms with van der Waals surface area (Å²) in [4.78, 5) is 16.1. The van der Waals surface area contributed by atoms with Gasteiger partial charge in [-0.3, -0.25) is 9.69 Å². The summed E-state index contributed by atoms with van der Waals surface area (Å²) in [6, 6.07) is 6.37. The predicted octanol–water partition coefficient (Wildman–Crippen LogP) is 4.22. The van der Waals surface area contributed by atoms with E-state index >= 15 is 0 Å². The summed E-state index contributed by atoms with van der Waals surface area (Å²) in [7, 11) is 0. The molecule has 28 heavy (non-hydrogen) atoms. The van der Waals surface area contributed by atoms with Crippen LogP contribution in [0.1, 0.15) is 57.4 Å². The van der Waals surface area contributed by atoms with E-state index in [0.717, 1.165) is 37.7 Å². The number of benzene rings is 1. The minimum Gasteiger partial charge on any atom is -0.480 e. The molecule has 0 bridgehead atoms. The summed E-state index contributed by atoms with van der Waals surface area (Å²) in [5, 5.41) is 9.44. The van der Waals surface area contributed by atoms with Gasteiger partial charge in [0.1, 0.15) is 11.9 Å². The summed E-state index contributed by atoms with van der Waals surface area (Å²) >= 11 is 0. The van der Waals surface area contributed by atoms with E-state index in [2.05, 4.69) is 16.7 Å². The SMILES string of the molecule is CCCCC1CCN(CC2CN(C(C)C(=O)O)CC2c2cccc(F)c2)CC1. The number of carbonyl (C=O) groups is 1. The first kappa shape index (κ1) is 21.3. The zero-order valence-corrected chi connectivity index (χ0v) is 17.3. The van der Waals surface area contributed by atoms with Gasteiger partial charge in [-0.2, -0.15) is 0 Å². The molecule has 3 rings (SSSR count). The first-order chi connectivity index (χ1) is 13.5. The molecule has 5 heteroatoms. The Morgan fingerprint density at radius 1 is 1.29 bits per heavy atom. The number of nitrogens with zero attached hydrogens (tertiary/aromatic N) is 2. The highest BCUT2D eigenvalue weighted by Gasteiger charge is 2.38. The molecule has 0 aliphatic carbocycles. The third-order valence-electron chi connectivity index (χ3n) is 6.82. The quantitative estimate of drug-likeness (QED) is 0.722. The van der Waals surface area contributed by atoms with Gasteiger partial charge in [0.25, 0.3) is 0 Å². The zero-order chi connectivity index (χ0) is 20.1. The molecule has 2 saturated heterocycles. The summed E-state index contributed by atoms with van der Waals surface area (Å²) in [6.07, 6.45) is 6.49. The average molecular weight is 391 g/mol. The van der Waals surface area contributed by atoms with Crippen LogP contribution in [0, 0.1) is 17.7 Å². The van der Waals surface area contributed by atoms with Gasteiger partial charge in [-0.1, -0.05) is 38.3 Å². The van der Waals surface area contributed by atoms with Gasteiger partial charge in [-0.05, 0) is 62.4 Å². The first-order valence-electron chi connectivity index (χ1n) is 10.9. The van der Waals surface area contributed by atoms with Crippen LogP contribution in [0.3, 0.4) is 0 Å². The Kier molecular flexibility index (Phi) is 7.47. The highest BCUT2D eigenvalue weighted by molar-refractivity contribution is 5.73. The molecular weight excluding hydrogens is 355 g/mol. The minimum absolute atomic E-state index is 0.190. The van der Waals surface area contributed by atoms with E-state index in [-0.39, 0.29) is 11.7 Å². The summed E-state index contributed by atoms with van der Waals surface area (Å²) < 4.78 is 13.8. The topological polar surface area (TPSA) is 43.8 Å². The normalized spacial score (nSPS) is 25.8. The van der Waals surface area contributed by atoms with Gasteiger partial charge in [-0.15, -0.1) is 0 Å². The number of likely N-dealkylation sites (tertiary alicyclic amines) is 2. The van der Waals surface area contributed by atoms with E-state index in [1.165, 1.54) is 38.2 Å². The number of piperidine rings is 1. The monoisotopic (exact) mass is 390 g/mol. The molecular formula is C23H35FN2O2. The van der Waals surface area contributed by atoms with Crippen LogP contribution in [0.5, 0.6) is 0 Å². The van der Waals surface area contributed by atoms with Gasteiger partial charge in [0.05, 0.1) is 0 Å². The van der Waals surface area contributed by atoms with Gasteiger partial charge in [0, 0.05) is 25.6 Å². The fraction of sp³-hybridized carbons (Fsp3) is 0.696. The lowest BCUT2D eigenvalue weighted by atomic mass is 9.87. The Balaban J connectivity index is 1.65. The fourth-order valence-electron chi connectivity index (χ4n) is 4.96. The van der Waals surface area contributed by atoms with Crippen molar-refractivity contribution in [1.82, 2.24) is 9.80 Å². The van der Waals surface area contributed by atoms with E-state index in [4.69, 9.17) is 0 Å². The van der Waals surface area contributed by atoms with Crippen LogP contribution in [0.2, 0.25) is 0 Å². The van der Waals surface area contributed by atoms with Crippen molar-refractivity contribution in [2.45, 2.75) is 57.9 Å². The molecule has 3 atom stereocenters. The molecule has 1 N–H and O–H groups in total. The molecule has 2 aliphatic rings. The molecule has 0 spiro atoms. The lowest BCUT2D eigenvalue weighted by molar-refractivity contribution is -0.142. The Morgan fingerprint density at radius 2 is 2.04 bits per heavy atom. The average Bonchev–Trinajstić information content (AvgIpc) is 3.10. The molecule has 0 aromatic heterocycles. The third-order valence-corrected chi connectivity index (χ3v) is 6.82. The Bertz CT molecular complexity index is 645. The highest BCUT2D eigenvalue weighted by atomic mass is 19.1. The maximum atomic E-state index is 13.8. The molecule has 1 aromatic rings. The maximum absolute atomic E-state index is 13.8. The molecule has 0 amide bonds. The van der Waals surface area contributed by atoms with Crippen molar-refractivity contribution in [1.29, 1.82) is 0 Å². The minimum atomic E-state index is -0.782. The van der Waals surface area contributed by atoms with Crippen LogP contribution < -0.4 is 0 Å². The van der Waals surface area contributed by atoms with Crippen molar-refractivity contribution < 1.29 is 14.3 Å². The molecule has 0 radical (unpaired) electrons. The lowest BCUT2D eigenvalue weighted by Crippen LogP contribution is -2.40. The Morgan fingerprint density at radius 3 is 2.68 bits per heavy atom. The fourth-order valence-corrected chi connectivity index (χ4v) is 4.96. The lowest BCUT2D eigenvalue weighted by Gasteiger charge is -2.34. The smallest absolute Gasteiger partial charge is 0.320 e. The van der Waals surface area contributed by atoms with Crippen molar-refractivity contribution in [2.75, 3.05) is 32.7 Å². The van der Waals surface area contributed by atoms with Crippen LogP contribution in [-0.2, 0) is 4.79 Å². The number of hydrogen-bond donors (Lipinski definition) is 1. The van der Waals surface area contributed by atoms with E-state index in [1.54, 1.807) is 19.1 Å². The van der Waals surface area contributed by atoms with Gasteiger partial charge in [-0.25, -0.2) is 4.39 Å². The van der Waals surface area contributed by atoms with Crippen LogP contribution in [0.4, 0.5) is 4.39 Å². The number of unbranched alkanes of at least 4 members (excludes halogenated alkanes) is 1. The predicted molar refractivity (Wildman–Crippen MR) is 110 cm³/mol. The number of rotatable bonds is 8. The summed E-state index contributed by atoms with van der Waals surface area (Å²) in [5.74, 6) is 0.404. The van der Waals surface area contributed by atoms with Crippen molar-refractivity contribution >= 4 is 5.97 Å². The molecule has 2 aliphatic heterocycles. The Hall–Kier alpha value is -1.46. The van der Waals surface area contributed by atoms with E-state index in [0.29, 0.717) is 12.5 Å². The molecule has 156 valence electrons. The number of halogens is 1. The zero-order valence-electron chi connectivity index (χ0n) is 17.3. The van der Waals surface area contributed by atoms with Crippen LogP contribution in [0.25, 0.3) is 0 Å². The standard InChI is InChI=1S/C23H35FN2O2/c1-3-4-6-18-9-11-25(12-10-18)14-20-15-26(17(2)23(27)28)16-22(20)19-7-5-8-21(24)13-19/h5,7-8,13,17-18,20,22H,3-4,6,9-12,14-16H2,1-2H3,(H,27,28). The number of carboxylic acids is 1. The highest BCUT2D eigenvalue weighted by Crippen LogP contribution is 2.35. The number of carboxylic acid groups (broad SMARTS) is 1. The molecule has 4 nitrogen and oxygen atoms in total. The molecule has 2 heterocycles. The van der Waals surface area contributed by atoms with Gasteiger partial charge in [0.2, 0.25) is 0 Å². The van der Waals surface area contributed by atoms with Crippen molar-refractivity contribution in [3.63, 3.8) is 0 Å². The van der Waals surface area contributed by atoms with E-state index < -0.39 is 12.0 Å². The van der Waals surface area contributed by atoms with Crippen molar-refractivity contribution in [2.24, 2.45) is 11.8 Å². The molecule has 2 fully saturated rings. The third kappa shape index (κ3) is 5.32. The molecule has 0 saturated carbocycles. The van der Waals surface area contributed by atoms with Crippen LogP contribution in [0.15, 0.2) is 24.3 Å².